The number of para-hydroxylation sites is 5. The van der Waals surface area contributed by atoms with Crippen molar-refractivity contribution in [1.82, 2.24) is 9.13 Å². The van der Waals surface area contributed by atoms with Gasteiger partial charge in [-0.25, -0.2) is 0 Å². The Balaban J connectivity index is 1.33. The highest BCUT2D eigenvalue weighted by atomic mass is 15.0. The van der Waals surface area contributed by atoms with Gasteiger partial charge < -0.3 is 9.13 Å². The van der Waals surface area contributed by atoms with Gasteiger partial charge in [-0.05, 0) is 53.6 Å². The van der Waals surface area contributed by atoms with E-state index in [1.54, 1.807) is 0 Å². The Morgan fingerprint density at radius 1 is 0.375 bits per heavy atom. The largest absolute Gasteiger partial charge is 0.309 e. The molecule has 2 aromatic heterocycles. The molecule has 9 rings (SSSR count). The number of benzene rings is 7. The van der Waals surface area contributed by atoms with Crippen molar-refractivity contribution in [3.05, 3.63) is 169 Å². The van der Waals surface area contributed by atoms with Gasteiger partial charge >= 0.3 is 0 Å². The van der Waals surface area contributed by atoms with Crippen molar-refractivity contribution in [3.8, 4) is 45.8 Å². The monoisotopic (exact) mass is 610 g/mol. The number of fused-ring (bicyclic) bond motifs is 6. The van der Waals surface area contributed by atoms with Gasteiger partial charge in [0.1, 0.15) is 12.1 Å². The number of nitriles is 2. The third kappa shape index (κ3) is 4.01. The lowest BCUT2D eigenvalue weighted by Gasteiger charge is -2.19. The molecule has 0 unspecified atom stereocenters. The Kier molecular flexibility index (Phi) is 6.22. The van der Waals surface area contributed by atoms with Crippen molar-refractivity contribution in [3.63, 3.8) is 0 Å². The van der Waals surface area contributed by atoms with Gasteiger partial charge in [-0.2, -0.15) is 10.5 Å². The van der Waals surface area contributed by atoms with E-state index < -0.39 is 0 Å². The molecule has 4 heteroatoms. The summed E-state index contributed by atoms with van der Waals surface area (Å²) in [6.07, 6.45) is 0. The van der Waals surface area contributed by atoms with Crippen molar-refractivity contribution in [2.75, 3.05) is 0 Å². The molecule has 9 aromatic rings. The lowest BCUT2D eigenvalue weighted by atomic mass is 9.89. The van der Waals surface area contributed by atoms with Crippen LogP contribution in [0.2, 0.25) is 0 Å². The van der Waals surface area contributed by atoms with Crippen molar-refractivity contribution < 1.29 is 0 Å². The molecule has 48 heavy (non-hydrogen) atoms. The second-order valence-corrected chi connectivity index (χ2v) is 11.9. The predicted octanol–water partition coefficient (Wildman–Crippen LogP) is 11.0. The Bertz CT molecular complexity index is 2710. The van der Waals surface area contributed by atoms with E-state index >= 15 is 0 Å². The second kappa shape index (κ2) is 10.9. The Labute approximate surface area is 277 Å². The fraction of sp³-hybridized carbons (Fsp3) is 0. The summed E-state index contributed by atoms with van der Waals surface area (Å²) in [7, 11) is 0. The Morgan fingerprint density at radius 3 is 1.29 bits per heavy atom. The standard InChI is InChI=1S/C44H26N4/c45-27-29-25-30(47-40-20-8-4-16-34(40)35-17-5-9-21-41(35)47)26-38(39(29)28-46)32-14-2-1-13-31(32)33-15-3-10-22-42(33)48-43-23-11-6-18-36(43)37-19-7-12-24-44(37)48/h1-26H. The lowest BCUT2D eigenvalue weighted by Crippen LogP contribution is -2.01. The van der Waals surface area contributed by atoms with Crippen LogP contribution in [0, 0.1) is 22.7 Å². The molecule has 0 saturated carbocycles. The quantitative estimate of drug-likeness (QED) is 0.199. The summed E-state index contributed by atoms with van der Waals surface area (Å²) in [6.45, 7) is 0. The number of nitrogens with zero attached hydrogens (tertiary/aromatic N) is 4. The minimum atomic E-state index is 0.345. The van der Waals surface area contributed by atoms with Crippen LogP contribution in [-0.4, -0.2) is 9.13 Å². The van der Waals surface area contributed by atoms with E-state index in [2.05, 4.69) is 149 Å². The van der Waals surface area contributed by atoms with E-state index in [9.17, 15) is 10.5 Å². The fourth-order valence-corrected chi connectivity index (χ4v) is 7.41. The van der Waals surface area contributed by atoms with Crippen molar-refractivity contribution >= 4 is 43.6 Å². The Morgan fingerprint density at radius 2 is 0.792 bits per heavy atom. The molecule has 0 N–H and O–H groups in total. The van der Waals surface area contributed by atoms with Crippen molar-refractivity contribution in [1.29, 1.82) is 10.5 Å². The zero-order chi connectivity index (χ0) is 32.2. The molecule has 0 amide bonds. The molecule has 0 aliphatic carbocycles. The van der Waals surface area contributed by atoms with Gasteiger partial charge in [0, 0.05) is 38.4 Å². The number of hydrogen-bond acceptors (Lipinski definition) is 2. The normalized spacial score (nSPS) is 11.3. The van der Waals surface area contributed by atoms with E-state index in [4.69, 9.17) is 0 Å². The molecule has 7 aromatic carbocycles. The number of aromatic nitrogens is 2. The van der Waals surface area contributed by atoms with E-state index in [-0.39, 0.29) is 0 Å². The average Bonchev–Trinajstić information content (AvgIpc) is 3.67. The molecular formula is C44H26N4. The highest BCUT2D eigenvalue weighted by Crippen LogP contribution is 2.42. The second-order valence-electron chi connectivity index (χ2n) is 11.9. The third-order valence-corrected chi connectivity index (χ3v) is 9.43. The minimum Gasteiger partial charge on any atom is -0.309 e. The fourth-order valence-electron chi connectivity index (χ4n) is 7.41. The molecule has 2 heterocycles. The van der Waals surface area contributed by atoms with Crippen LogP contribution in [0.4, 0.5) is 0 Å². The first kappa shape index (κ1) is 27.4. The summed E-state index contributed by atoms with van der Waals surface area (Å²) in [5, 5.41) is 25.6. The number of hydrogen-bond donors (Lipinski definition) is 0. The van der Waals surface area contributed by atoms with E-state index in [0.717, 1.165) is 66.5 Å². The SMILES string of the molecule is N#Cc1cc(-n2c3ccccc3c3ccccc32)cc(-c2ccccc2-c2ccccc2-n2c3ccccc3c3ccccc32)c1C#N. The summed E-state index contributed by atoms with van der Waals surface area (Å²) >= 11 is 0. The molecule has 0 fully saturated rings. The summed E-state index contributed by atoms with van der Waals surface area (Å²) in [5.74, 6) is 0. The minimum absolute atomic E-state index is 0.345. The molecular weight excluding hydrogens is 585 g/mol. The van der Waals surface area contributed by atoms with Crippen molar-refractivity contribution in [2.24, 2.45) is 0 Å². The van der Waals surface area contributed by atoms with Crippen LogP contribution in [0.15, 0.2) is 158 Å². The number of rotatable bonds is 4. The summed E-state index contributed by atoms with van der Waals surface area (Å²) < 4.78 is 4.53. The van der Waals surface area contributed by atoms with Gasteiger partial charge in [-0.3, -0.25) is 0 Å². The molecule has 0 saturated heterocycles. The van der Waals surface area contributed by atoms with Crippen LogP contribution in [0.25, 0.3) is 77.2 Å². The highest BCUT2D eigenvalue weighted by molar-refractivity contribution is 6.11. The van der Waals surface area contributed by atoms with Gasteiger partial charge in [0.25, 0.3) is 0 Å². The first-order valence-corrected chi connectivity index (χ1v) is 15.9. The molecule has 4 nitrogen and oxygen atoms in total. The molecule has 0 aliphatic rings. The molecule has 0 atom stereocenters. The van der Waals surface area contributed by atoms with Gasteiger partial charge in [0.15, 0.2) is 0 Å². The Hall–Kier alpha value is -6.88. The summed E-state index contributed by atoms with van der Waals surface area (Å²) in [4.78, 5) is 0. The summed E-state index contributed by atoms with van der Waals surface area (Å²) in [6, 6.07) is 59.0. The zero-order valence-electron chi connectivity index (χ0n) is 25.8. The van der Waals surface area contributed by atoms with Crippen molar-refractivity contribution in [2.45, 2.75) is 0 Å². The average molecular weight is 611 g/mol. The molecule has 222 valence electrons. The maximum atomic E-state index is 10.5. The molecule has 0 spiro atoms. The van der Waals surface area contributed by atoms with Crippen LogP contribution in [0.1, 0.15) is 11.1 Å². The third-order valence-electron chi connectivity index (χ3n) is 9.43. The molecule has 0 radical (unpaired) electrons. The van der Waals surface area contributed by atoms with Crippen LogP contribution in [0.5, 0.6) is 0 Å². The van der Waals surface area contributed by atoms with Gasteiger partial charge in [0.05, 0.1) is 38.9 Å². The van der Waals surface area contributed by atoms with E-state index in [1.165, 1.54) is 10.8 Å². The van der Waals surface area contributed by atoms with Gasteiger partial charge in [-0.15, -0.1) is 0 Å². The smallest absolute Gasteiger partial charge is 0.101 e. The lowest BCUT2D eigenvalue weighted by molar-refractivity contribution is 1.17. The summed E-state index contributed by atoms with van der Waals surface area (Å²) in [5.41, 5.74) is 10.6. The highest BCUT2D eigenvalue weighted by Gasteiger charge is 2.21. The van der Waals surface area contributed by atoms with Gasteiger partial charge in [-0.1, -0.05) is 115 Å². The van der Waals surface area contributed by atoms with Crippen LogP contribution >= 0.6 is 0 Å². The first-order valence-electron chi connectivity index (χ1n) is 15.9. The zero-order valence-corrected chi connectivity index (χ0v) is 25.8. The van der Waals surface area contributed by atoms with Crippen LogP contribution in [0.3, 0.4) is 0 Å². The predicted molar refractivity (Wildman–Crippen MR) is 195 cm³/mol. The van der Waals surface area contributed by atoms with Gasteiger partial charge in [0.2, 0.25) is 0 Å². The van der Waals surface area contributed by atoms with E-state index in [1.807, 2.05) is 30.3 Å². The van der Waals surface area contributed by atoms with Crippen LogP contribution < -0.4 is 0 Å². The topological polar surface area (TPSA) is 57.4 Å². The van der Waals surface area contributed by atoms with Crippen LogP contribution in [-0.2, 0) is 0 Å². The van der Waals surface area contributed by atoms with E-state index in [0.29, 0.717) is 11.1 Å². The molecule has 0 bridgehead atoms. The maximum Gasteiger partial charge on any atom is 0.101 e. The maximum absolute atomic E-state index is 10.5. The molecule has 0 aliphatic heterocycles. The first-order chi connectivity index (χ1) is 23.8.